The van der Waals surface area contributed by atoms with Gasteiger partial charge in [0.2, 0.25) is 0 Å². The molecule has 1 N–H and O–H groups in total. The van der Waals surface area contributed by atoms with Crippen molar-refractivity contribution in [3.05, 3.63) is 40.9 Å². The van der Waals surface area contributed by atoms with Crippen LogP contribution in [-0.2, 0) is 4.84 Å². The first-order valence-electron chi connectivity index (χ1n) is 7.93. The Morgan fingerprint density at radius 2 is 2.08 bits per heavy atom. The zero-order valence-corrected chi connectivity index (χ0v) is 14.8. The van der Waals surface area contributed by atoms with Crippen molar-refractivity contribution in [3.63, 3.8) is 0 Å². The van der Waals surface area contributed by atoms with E-state index in [1.807, 2.05) is 30.5 Å². The zero-order valence-electron chi connectivity index (χ0n) is 14.0. The Morgan fingerprint density at radius 3 is 2.76 bits per heavy atom. The van der Waals surface area contributed by atoms with Gasteiger partial charge in [0, 0.05) is 35.3 Å². The first kappa shape index (κ1) is 17.4. The number of rotatable bonds is 2. The highest BCUT2D eigenvalue weighted by molar-refractivity contribution is 7.13. The Labute approximate surface area is 149 Å². The molecule has 0 unspecified atom stereocenters. The van der Waals surface area contributed by atoms with Crippen LogP contribution in [0.2, 0.25) is 0 Å². The third kappa shape index (κ3) is 3.80. The van der Waals surface area contributed by atoms with E-state index in [2.05, 4.69) is 4.98 Å². The number of carbonyl (C=O) groups excluding carboxylic acids is 1. The third-order valence-electron chi connectivity index (χ3n) is 3.87. The second kappa shape index (κ2) is 7.20. The van der Waals surface area contributed by atoms with Crippen LogP contribution in [0.25, 0.3) is 10.6 Å². The van der Waals surface area contributed by atoms with Crippen LogP contribution in [0.3, 0.4) is 0 Å². The number of carboxylic acid groups (broad SMARTS) is 1. The minimum Gasteiger partial charge on any atom is -0.463 e. The summed E-state index contributed by atoms with van der Waals surface area (Å²) in [6.45, 7) is 4.38. The van der Waals surface area contributed by atoms with E-state index in [4.69, 9.17) is 9.94 Å². The Bertz CT molecular complexity index is 792. The zero-order chi connectivity index (χ0) is 18.0. The monoisotopic (exact) mass is 361 g/mol. The highest BCUT2D eigenvalue weighted by atomic mass is 32.1. The largest absolute Gasteiger partial charge is 0.463 e. The molecule has 8 heteroatoms. The molecule has 1 atom stereocenters. The molecular weight excluding hydrogens is 342 g/mol. The van der Waals surface area contributed by atoms with Gasteiger partial charge < -0.3 is 10.0 Å². The van der Waals surface area contributed by atoms with Crippen LogP contribution in [0.15, 0.2) is 29.6 Å². The van der Waals surface area contributed by atoms with Crippen molar-refractivity contribution in [3.8, 4) is 10.6 Å². The van der Waals surface area contributed by atoms with Crippen LogP contribution >= 0.6 is 11.3 Å². The molecule has 1 aliphatic heterocycles. The Balaban J connectivity index is 1.87. The predicted molar refractivity (Wildman–Crippen MR) is 93.5 cm³/mol. The van der Waals surface area contributed by atoms with Gasteiger partial charge >= 0.3 is 6.09 Å². The molecule has 132 valence electrons. The van der Waals surface area contributed by atoms with Crippen molar-refractivity contribution >= 4 is 23.3 Å². The number of hydrogen-bond donors (Lipinski definition) is 1. The van der Waals surface area contributed by atoms with Gasteiger partial charge in [0.1, 0.15) is 11.1 Å². The van der Waals surface area contributed by atoms with E-state index in [1.54, 1.807) is 17.9 Å². The summed E-state index contributed by atoms with van der Waals surface area (Å²) in [5, 5.41) is 12.7. The summed E-state index contributed by atoms with van der Waals surface area (Å²) in [5.41, 5.74) is 2.27. The third-order valence-corrected chi connectivity index (χ3v) is 4.86. The number of thiazole rings is 1. The lowest BCUT2D eigenvalue weighted by Gasteiger charge is -2.22. The van der Waals surface area contributed by atoms with E-state index in [0.717, 1.165) is 21.3 Å². The second-order valence-corrected chi connectivity index (χ2v) is 6.75. The van der Waals surface area contributed by atoms with E-state index in [1.165, 1.54) is 11.3 Å². The summed E-state index contributed by atoms with van der Waals surface area (Å²) in [6, 6.07) is 7.36. The van der Waals surface area contributed by atoms with Gasteiger partial charge in [0.25, 0.3) is 5.91 Å². The fraction of sp³-hybridized carbons (Fsp3) is 0.353. The summed E-state index contributed by atoms with van der Waals surface area (Å²) in [5.74, 6) is -0.147. The molecule has 3 rings (SSSR count). The molecule has 0 aliphatic carbocycles. The van der Waals surface area contributed by atoms with Crippen LogP contribution < -0.4 is 0 Å². The maximum atomic E-state index is 13.1. The molecule has 1 fully saturated rings. The Morgan fingerprint density at radius 1 is 1.32 bits per heavy atom. The lowest BCUT2D eigenvalue weighted by molar-refractivity contribution is -0.153. The lowest BCUT2D eigenvalue weighted by atomic mass is 10.1. The molecule has 1 aliphatic rings. The summed E-state index contributed by atoms with van der Waals surface area (Å²) >= 11 is 1.50. The molecule has 7 nitrogen and oxygen atoms in total. The smallest absolute Gasteiger partial charge is 0.431 e. The molecule has 25 heavy (non-hydrogen) atoms. The summed E-state index contributed by atoms with van der Waals surface area (Å²) < 4.78 is 0. The van der Waals surface area contributed by atoms with Gasteiger partial charge in [-0.3, -0.25) is 9.63 Å². The van der Waals surface area contributed by atoms with Crippen LogP contribution in [0.4, 0.5) is 4.79 Å². The molecule has 0 radical (unpaired) electrons. The van der Waals surface area contributed by atoms with Crippen LogP contribution in [0, 0.1) is 6.92 Å². The fourth-order valence-corrected chi connectivity index (χ4v) is 3.58. The minimum absolute atomic E-state index is 0.115. The van der Waals surface area contributed by atoms with Gasteiger partial charge in [-0.1, -0.05) is 18.2 Å². The SMILES string of the molecule is Cc1csc(-c2ccccc2C(=O)N2CCN(C(=O)O)O[C@@H](C)C2)n1. The molecule has 0 bridgehead atoms. The van der Waals surface area contributed by atoms with Gasteiger partial charge in [0.05, 0.1) is 6.54 Å². The summed E-state index contributed by atoms with van der Waals surface area (Å²) in [4.78, 5) is 35.6. The minimum atomic E-state index is -1.15. The molecule has 0 saturated carbocycles. The molecule has 2 aromatic rings. The van der Waals surface area contributed by atoms with Crippen molar-refractivity contribution in [2.45, 2.75) is 20.0 Å². The topological polar surface area (TPSA) is 83.0 Å². The maximum Gasteiger partial charge on any atom is 0.431 e. The van der Waals surface area contributed by atoms with Crippen LogP contribution in [0.5, 0.6) is 0 Å². The standard InChI is InChI=1S/C17H19N3O4S/c1-11-10-25-15(18-11)13-5-3-4-6-14(13)16(21)19-7-8-20(17(22)23)24-12(2)9-19/h3-6,10,12H,7-9H2,1-2H3,(H,22,23)/t12-/m0/s1. The van der Waals surface area contributed by atoms with Crippen molar-refractivity contribution in [1.29, 1.82) is 0 Å². The Hall–Kier alpha value is -2.45. The van der Waals surface area contributed by atoms with E-state index >= 15 is 0 Å². The molecule has 1 aromatic heterocycles. The first-order valence-corrected chi connectivity index (χ1v) is 8.81. The first-order chi connectivity index (χ1) is 12.0. The van der Waals surface area contributed by atoms with Gasteiger partial charge in [-0.25, -0.2) is 9.78 Å². The van der Waals surface area contributed by atoms with Gasteiger partial charge in [-0.05, 0) is 19.9 Å². The summed E-state index contributed by atoms with van der Waals surface area (Å²) in [6.07, 6.45) is -1.56. The van der Waals surface area contributed by atoms with Crippen molar-refractivity contribution in [2.24, 2.45) is 0 Å². The number of aryl methyl sites for hydroxylation is 1. The number of hydrogen-bond acceptors (Lipinski definition) is 5. The lowest BCUT2D eigenvalue weighted by Crippen LogP contribution is -2.37. The number of amides is 2. The van der Waals surface area contributed by atoms with Crippen molar-refractivity contribution < 1.29 is 19.5 Å². The van der Waals surface area contributed by atoms with Gasteiger partial charge in [-0.15, -0.1) is 11.3 Å². The van der Waals surface area contributed by atoms with Crippen molar-refractivity contribution in [1.82, 2.24) is 14.9 Å². The van der Waals surface area contributed by atoms with E-state index in [-0.39, 0.29) is 19.0 Å². The number of aromatic nitrogens is 1. The highest BCUT2D eigenvalue weighted by Gasteiger charge is 2.28. The fourth-order valence-electron chi connectivity index (χ4n) is 2.75. The molecule has 1 aromatic carbocycles. The van der Waals surface area contributed by atoms with Gasteiger partial charge in [0.15, 0.2) is 0 Å². The van der Waals surface area contributed by atoms with E-state index in [0.29, 0.717) is 12.1 Å². The quantitative estimate of drug-likeness (QED) is 0.889. The average molecular weight is 361 g/mol. The molecule has 0 spiro atoms. The van der Waals surface area contributed by atoms with Gasteiger partial charge in [-0.2, -0.15) is 5.06 Å². The van der Waals surface area contributed by atoms with Crippen LogP contribution in [-0.4, -0.2) is 57.8 Å². The predicted octanol–water partition coefficient (Wildman–Crippen LogP) is 2.87. The van der Waals surface area contributed by atoms with E-state index in [9.17, 15) is 9.59 Å². The number of hydroxylamine groups is 2. The molecular formula is C17H19N3O4S. The molecule has 2 heterocycles. The van der Waals surface area contributed by atoms with Crippen molar-refractivity contribution in [2.75, 3.05) is 19.6 Å². The summed E-state index contributed by atoms with van der Waals surface area (Å²) in [7, 11) is 0. The second-order valence-electron chi connectivity index (χ2n) is 5.89. The Kier molecular flexibility index (Phi) is 5.00. The van der Waals surface area contributed by atoms with Crippen LogP contribution in [0.1, 0.15) is 23.0 Å². The number of nitrogens with zero attached hydrogens (tertiary/aromatic N) is 3. The average Bonchev–Trinajstić information content (AvgIpc) is 2.92. The van der Waals surface area contributed by atoms with E-state index < -0.39 is 12.2 Å². The molecule has 1 saturated heterocycles. The molecule has 2 amide bonds. The highest BCUT2D eigenvalue weighted by Crippen LogP contribution is 2.28. The number of benzene rings is 1. The number of carbonyl (C=O) groups is 2. The normalized spacial score (nSPS) is 18.1. The maximum absolute atomic E-state index is 13.1.